The van der Waals surface area contributed by atoms with Gasteiger partial charge in [0.05, 0.1) is 18.9 Å². The van der Waals surface area contributed by atoms with E-state index in [1.807, 2.05) is 6.92 Å². The van der Waals surface area contributed by atoms with E-state index in [0.717, 1.165) is 23.5 Å². The van der Waals surface area contributed by atoms with Crippen LogP contribution in [0.15, 0.2) is 54.1 Å². The van der Waals surface area contributed by atoms with Gasteiger partial charge in [-0.15, -0.1) is 0 Å². The van der Waals surface area contributed by atoms with Crippen LogP contribution in [-0.4, -0.2) is 31.1 Å². The van der Waals surface area contributed by atoms with Gasteiger partial charge in [-0.1, -0.05) is 38.3 Å². The third-order valence-electron chi connectivity index (χ3n) is 4.97. The van der Waals surface area contributed by atoms with E-state index in [1.54, 1.807) is 48.5 Å². The SMILES string of the molecule is CCCCCCOc1ccc(C=C2C(=O)NC(=O)N(c3ccc(OCC)cc3)C2=O)cc1. The summed E-state index contributed by atoms with van der Waals surface area (Å²) >= 11 is 0. The first kappa shape index (κ1) is 23.1. The number of rotatable bonds is 10. The van der Waals surface area contributed by atoms with Crippen molar-refractivity contribution in [3.63, 3.8) is 0 Å². The number of nitrogens with zero attached hydrogens (tertiary/aromatic N) is 1. The summed E-state index contributed by atoms with van der Waals surface area (Å²) in [6.07, 6.45) is 5.99. The summed E-state index contributed by atoms with van der Waals surface area (Å²) in [5.74, 6) is -0.0486. The van der Waals surface area contributed by atoms with Crippen LogP contribution >= 0.6 is 0 Å². The Labute approximate surface area is 188 Å². The highest BCUT2D eigenvalue weighted by Gasteiger charge is 2.36. The predicted molar refractivity (Wildman–Crippen MR) is 123 cm³/mol. The molecule has 1 fully saturated rings. The van der Waals surface area contributed by atoms with Crippen molar-refractivity contribution < 1.29 is 23.9 Å². The van der Waals surface area contributed by atoms with Gasteiger partial charge in [-0.2, -0.15) is 0 Å². The van der Waals surface area contributed by atoms with E-state index in [1.165, 1.54) is 18.9 Å². The van der Waals surface area contributed by atoms with E-state index >= 15 is 0 Å². The maximum atomic E-state index is 13.0. The Kier molecular flexibility index (Phi) is 8.02. The standard InChI is InChI=1S/C25H28N2O5/c1-3-5-6-7-16-32-21-12-8-18(9-13-21)17-22-23(28)26-25(30)27(24(22)29)19-10-14-20(15-11-19)31-4-2/h8-15,17H,3-7,16H2,1-2H3,(H,26,28,30). The van der Waals surface area contributed by atoms with Gasteiger partial charge in [-0.3, -0.25) is 14.9 Å². The maximum Gasteiger partial charge on any atom is 0.335 e. The Morgan fingerprint density at radius 1 is 0.844 bits per heavy atom. The van der Waals surface area contributed by atoms with Crippen LogP contribution in [0.1, 0.15) is 45.1 Å². The number of benzene rings is 2. The van der Waals surface area contributed by atoms with Crippen molar-refractivity contribution >= 4 is 29.6 Å². The number of ether oxygens (including phenoxy) is 2. The van der Waals surface area contributed by atoms with Crippen LogP contribution in [0.25, 0.3) is 6.08 Å². The molecule has 1 aliphatic heterocycles. The fourth-order valence-corrected chi connectivity index (χ4v) is 3.30. The van der Waals surface area contributed by atoms with Gasteiger partial charge in [0, 0.05) is 0 Å². The summed E-state index contributed by atoms with van der Waals surface area (Å²) in [4.78, 5) is 38.6. The molecule has 2 aromatic carbocycles. The summed E-state index contributed by atoms with van der Waals surface area (Å²) in [7, 11) is 0. The van der Waals surface area contributed by atoms with Crippen LogP contribution in [0.3, 0.4) is 0 Å². The Morgan fingerprint density at radius 2 is 1.50 bits per heavy atom. The number of unbranched alkanes of at least 4 members (excludes halogenated alkanes) is 3. The lowest BCUT2D eigenvalue weighted by molar-refractivity contribution is -0.122. The fraction of sp³-hybridized carbons (Fsp3) is 0.320. The Bertz CT molecular complexity index is 980. The van der Waals surface area contributed by atoms with Crippen LogP contribution in [-0.2, 0) is 9.59 Å². The van der Waals surface area contributed by atoms with Crippen molar-refractivity contribution in [1.82, 2.24) is 5.32 Å². The quantitative estimate of drug-likeness (QED) is 0.331. The van der Waals surface area contributed by atoms with Crippen LogP contribution in [0.2, 0.25) is 0 Å². The molecule has 0 radical (unpaired) electrons. The lowest BCUT2D eigenvalue weighted by Crippen LogP contribution is -2.54. The molecular weight excluding hydrogens is 408 g/mol. The molecule has 0 bridgehead atoms. The number of hydrogen-bond acceptors (Lipinski definition) is 5. The van der Waals surface area contributed by atoms with E-state index in [0.29, 0.717) is 30.2 Å². The first-order valence-corrected chi connectivity index (χ1v) is 10.9. The zero-order valence-electron chi connectivity index (χ0n) is 18.4. The highest BCUT2D eigenvalue weighted by atomic mass is 16.5. The van der Waals surface area contributed by atoms with Crippen molar-refractivity contribution in [2.45, 2.75) is 39.5 Å². The van der Waals surface area contributed by atoms with Gasteiger partial charge in [0.2, 0.25) is 0 Å². The van der Waals surface area contributed by atoms with Gasteiger partial charge in [0.1, 0.15) is 17.1 Å². The maximum absolute atomic E-state index is 13.0. The largest absolute Gasteiger partial charge is 0.494 e. The van der Waals surface area contributed by atoms with Crippen molar-refractivity contribution in [2.75, 3.05) is 18.1 Å². The molecule has 1 N–H and O–H groups in total. The topological polar surface area (TPSA) is 84.9 Å². The van der Waals surface area contributed by atoms with Crippen molar-refractivity contribution in [3.8, 4) is 11.5 Å². The first-order chi connectivity index (χ1) is 15.5. The minimum Gasteiger partial charge on any atom is -0.494 e. The van der Waals surface area contributed by atoms with E-state index in [2.05, 4.69) is 12.2 Å². The van der Waals surface area contributed by atoms with Crippen LogP contribution in [0.5, 0.6) is 11.5 Å². The van der Waals surface area contributed by atoms with Crippen molar-refractivity contribution in [2.24, 2.45) is 0 Å². The number of carbonyl (C=O) groups excluding carboxylic acids is 3. The molecule has 0 spiro atoms. The molecule has 1 heterocycles. The lowest BCUT2D eigenvalue weighted by atomic mass is 10.1. The van der Waals surface area contributed by atoms with Crippen LogP contribution in [0.4, 0.5) is 10.5 Å². The second-order valence-corrected chi connectivity index (χ2v) is 7.36. The average molecular weight is 437 g/mol. The molecule has 168 valence electrons. The normalized spacial score (nSPS) is 15.1. The zero-order chi connectivity index (χ0) is 22.9. The molecule has 0 saturated carbocycles. The van der Waals surface area contributed by atoms with Gasteiger partial charge >= 0.3 is 6.03 Å². The number of imide groups is 2. The summed E-state index contributed by atoms with van der Waals surface area (Å²) in [6, 6.07) is 12.9. The molecule has 32 heavy (non-hydrogen) atoms. The molecule has 7 heteroatoms. The molecule has 1 aliphatic rings. The monoisotopic (exact) mass is 436 g/mol. The van der Waals surface area contributed by atoms with Crippen LogP contribution < -0.4 is 19.7 Å². The van der Waals surface area contributed by atoms with Crippen LogP contribution in [0, 0.1) is 0 Å². The molecule has 0 aromatic heterocycles. The van der Waals surface area contributed by atoms with Crippen molar-refractivity contribution in [1.29, 1.82) is 0 Å². The molecular formula is C25H28N2O5. The average Bonchev–Trinajstić information content (AvgIpc) is 2.78. The highest BCUT2D eigenvalue weighted by molar-refractivity contribution is 6.39. The van der Waals surface area contributed by atoms with Gasteiger partial charge in [-0.25, -0.2) is 9.69 Å². The van der Waals surface area contributed by atoms with E-state index < -0.39 is 17.8 Å². The number of hydrogen-bond donors (Lipinski definition) is 1. The Morgan fingerprint density at radius 3 is 2.16 bits per heavy atom. The summed E-state index contributed by atoms with van der Waals surface area (Å²) in [6.45, 7) is 5.19. The first-order valence-electron chi connectivity index (χ1n) is 10.9. The van der Waals surface area contributed by atoms with E-state index in [4.69, 9.17) is 9.47 Å². The molecule has 0 aliphatic carbocycles. The molecule has 4 amide bonds. The Hall–Kier alpha value is -3.61. The number of nitrogens with one attached hydrogen (secondary N) is 1. The minimum atomic E-state index is -0.784. The minimum absolute atomic E-state index is 0.119. The molecule has 2 aromatic rings. The zero-order valence-corrected chi connectivity index (χ0v) is 18.4. The fourth-order valence-electron chi connectivity index (χ4n) is 3.30. The smallest absolute Gasteiger partial charge is 0.335 e. The summed E-state index contributed by atoms with van der Waals surface area (Å²) in [5.41, 5.74) is 0.885. The highest BCUT2D eigenvalue weighted by Crippen LogP contribution is 2.25. The van der Waals surface area contributed by atoms with Gasteiger partial charge in [0.25, 0.3) is 11.8 Å². The molecule has 3 rings (SSSR count). The van der Waals surface area contributed by atoms with Gasteiger partial charge in [-0.05, 0) is 61.4 Å². The second kappa shape index (κ2) is 11.1. The molecule has 0 atom stereocenters. The van der Waals surface area contributed by atoms with E-state index in [9.17, 15) is 14.4 Å². The number of anilines is 1. The third-order valence-corrected chi connectivity index (χ3v) is 4.97. The summed E-state index contributed by atoms with van der Waals surface area (Å²) in [5, 5.41) is 2.23. The molecule has 1 saturated heterocycles. The predicted octanol–water partition coefficient (Wildman–Crippen LogP) is 4.71. The second-order valence-electron chi connectivity index (χ2n) is 7.36. The van der Waals surface area contributed by atoms with Crippen molar-refractivity contribution in [3.05, 3.63) is 59.7 Å². The lowest BCUT2D eigenvalue weighted by Gasteiger charge is -2.26. The van der Waals surface area contributed by atoms with E-state index in [-0.39, 0.29) is 5.57 Å². The summed E-state index contributed by atoms with van der Waals surface area (Å²) < 4.78 is 11.1. The third kappa shape index (κ3) is 5.75. The Balaban J connectivity index is 1.72. The molecule has 7 nitrogen and oxygen atoms in total. The van der Waals surface area contributed by atoms with Gasteiger partial charge < -0.3 is 9.47 Å². The number of amides is 4. The number of urea groups is 1. The number of barbiturate groups is 1. The molecule has 0 unspecified atom stereocenters. The number of carbonyl (C=O) groups is 3. The van der Waals surface area contributed by atoms with Gasteiger partial charge in [0.15, 0.2) is 0 Å².